The molecule has 1 unspecified atom stereocenters. The van der Waals surface area contributed by atoms with E-state index in [4.69, 9.17) is 5.11 Å². The van der Waals surface area contributed by atoms with Crippen LogP contribution in [0.3, 0.4) is 0 Å². The zero-order chi connectivity index (χ0) is 12.7. The van der Waals surface area contributed by atoms with Gasteiger partial charge in [0, 0.05) is 13.1 Å². The van der Waals surface area contributed by atoms with E-state index in [9.17, 15) is 18.0 Å². The first-order chi connectivity index (χ1) is 7.85. The third-order valence-corrected chi connectivity index (χ3v) is 4.31. The van der Waals surface area contributed by atoms with Gasteiger partial charge in [-0.1, -0.05) is 0 Å². The monoisotopic (exact) mass is 251 g/mol. The van der Waals surface area contributed by atoms with E-state index in [1.807, 2.05) is 0 Å². The first-order valence-electron chi connectivity index (χ1n) is 5.85. The minimum Gasteiger partial charge on any atom is -0.481 e. The SMILES string of the molecule is O=C(O)C1CNCC12CCC(C(F)(F)F)CC2. The highest BCUT2D eigenvalue weighted by atomic mass is 19.4. The van der Waals surface area contributed by atoms with E-state index >= 15 is 0 Å². The largest absolute Gasteiger partial charge is 0.481 e. The molecule has 3 nitrogen and oxygen atoms in total. The molecule has 0 radical (unpaired) electrons. The van der Waals surface area contributed by atoms with E-state index in [0.717, 1.165) is 0 Å². The van der Waals surface area contributed by atoms with Crippen LogP contribution in [-0.4, -0.2) is 30.3 Å². The Labute approximate surface area is 97.4 Å². The summed E-state index contributed by atoms with van der Waals surface area (Å²) in [7, 11) is 0. The van der Waals surface area contributed by atoms with Crippen molar-refractivity contribution in [1.82, 2.24) is 5.32 Å². The molecule has 1 saturated carbocycles. The van der Waals surface area contributed by atoms with Gasteiger partial charge in [-0.25, -0.2) is 0 Å². The Kier molecular flexibility index (Phi) is 3.10. The van der Waals surface area contributed by atoms with E-state index < -0.39 is 29.4 Å². The highest BCUT2D eigenvalue weighted by Crippen LogP contribution is 2.49. The molecule has 0 aromatic rings. The molecule has 6 heteroatoms. The summed E-state index contributed by atoms with van der Waals surface area (Å²) in [5.41, 5.74) is -0.451. The summed E-state index contributed by atoms with van der Waals surface area (Å²) in [5.74, 6) is -2.67. The molecule has 0 bridgehead atoms. The van der Waals surface area contributed by atoms with E-state index in [1.54, 1.807) is 0 Å². The summed E-state index contributed by atoms with van der Waals surface area (Å²) < 4.78 is 37.6. The minimum absolute atomic E-state index is 0.0644. The maximum atomic E-state index is 12.5. The third-order valence-electron chi connectivity index (χ3n) is 4.31. The second kappa shape index (κ2) is 4.15. The van der Waals surface area contributed by atoms with Gasteiger partial charge in [0.25, 0.3) is 0 Å². The number of hydrogen-bond donors (Lipinski definition) is 2. The molecule has 2 aliphatic rings. The maximum absolute atomic E-state index is 12.5. The first kappa shape index (κ1) is 12.7. The van der Waals surface area contributed by atoms with Crippen molar-refractivity contribution >= 4 is 5.97 Å². The molecule has 98 valence electrons. The summed E-state index contributed by atoms with van der Waals surface area (Å²) in [5, 5.41) is 12.1. The van der Waals surface area contributed by atoms with Crippen molar-refractivity contribution in [1.29, 1.82) is 0 Å². The predicted octanol–water partition coefficient (Wildman–Crippen LogP) is 2.03. The molecule has 0 amide bonds. The minimum atomic E-state index is -4.13. The fourth-order valence-corrected chi connectivity index (χ4v) is 3.20. The van der Waals surface area contributed by atoms with Crippen molar-refractivity contribution in [3.63, 3.8) is 0 Å². The Morgan fingerprint density at radius 3 is 2.35 bits per heavy atom. The molecule has 0 aromatic carbocycles. The standard InChI is InChI=1S/C11H16F3NO2/c12-11(13,14)7-1-3-10(4-2-7)6-15-5-8(10)9(16)17/h7-8,15H,1-6H2,(H,16,17). The van der Waals surface area contributed by atoms with Gasteiger partial charge >= 0.3 is 12.1 Å². The van der Waals surface area contributed by atoms with Gasteiger partial charge in [-0.15, -0.1) is 0 Å². The predicted molar refractivity (Wildman–Crippen MR) is 54.4 cm³/mol. The second-order valence-electron chi connectivity index (χ2n) is 5.20. The van der Waals surface area contributed by atoms with Crippen LogP contribution in [0.2, 0.25) is 0 Å². The van der Waals surface area contributed by atoms with Crippen LogP contribution in [0.1, 0.15) is 25.7 Å². The van der Waals surface area contributed by atoms with Crippen molar-refractivity contribution in [2.45, 2.75) is 31.9 Å². The van der Waals surface area contributed by atoms with Gasteiger partial charge in [0.1, 0.15) is 0 Å². The molecule has 2 N–H and O–H groups in total. The topological polar surface area (TPSA) is 49.3 Å². The molecule has 17 heavy (non-hydrogen) atoms. The molecule has 1 aliphatic carbocycles. The van der Waals surface area contributed by atoms with Crippen LogP contribution in [0.15, 0.2) is 0 Å². The third kappa shape index (κ3) is 2.27. The van der Waals surface area contributed by atoms with Crippen molar-refractivity contribution in [3.05, 3.63) is 0 Å². The summed E-state index contributed by atoms with van der Waals surface area (Å²) in [6.07, 6.45) is -3.28. The van der Waals surface area contributed by atoms with E-state index in [-0.39, 0.29) is 12.8 Å². The van der Waals surface area contributed by atoms with E-state index in [0.29, 0.717) is 25.9 Å². The van der Waals surface area contributed by atoms with Crippen LogP contribution in [0.5, 0.6) is 0 Å². The average molecular weight is 251 g/mol. The van der Waals surface area contributed by atoms with Crippen LogP contribution in [0.4, 0.5) is 13.2 Å². The molecular formula is C11H16F3NO2. The second-order valence-corrected chi connectivity index (χ2v) is 5.20. The maximum Gasteiger partial charge on any atom is 0.391 e. The van der Waals surface area contributed by atoms with Crippen LogP contribution in [0, 0.1) is 17.3 Å². The van der Waals surface area contributed by atoms with Crippen molar-refractivity contribution in [3.8, 4) is 0 Å². The normalized spacial score (nSPS) is 38.5. The zero-order valence-corrected chi connectivity index (χ0v) is 9.39. The Morgan fingerprint density at radius 2 is 1.88 bits per heavy atom. The number of carbonyl (C=O) groups is 1. The Morgan fingerprint density at radius 1 is 1.29 bits per heavy atom. The fraction of sp³-hybridized carbons (Fsp3) is 0.909. The molecule has 2 fully saturated rings. The summed E-state index contributed by atoms with van der Waals surface area (Å²) in [6.45, 7) is 0.917. The average Bonchev–Trinajstić information content (AvgIpc) is 2.61. The van der Waals surface area contributed by atoms with Gasteiger partial charge < -0.3 is 10.4 Å². The highest BCUT2D eigenvalue weighted by molar-refractivity contribution is 5.72. The van der Waals surface area contributed by atoms with Gasteiger partial charge in [0.15, 0.2) is 0 Å². The Balaban J connectivity index is 2.04. The van der Waals surface area contributed by atoms with Crippen LogP contribution < -0.4 is 5.32 Å². The number of halogens is 3. The van der Waals surface area contributed by atoms with Crippen molar-refractivity contribution in [2.24, 2.45) is 17.3 Å². The van der Waals surface area contributed by atoms with Gasteiger partial charge in [-0.3, -0.25) is 4.79 Å². The summed E-state index contributed by atoms with van der Waals surface area (Å²) in [6, 6.07) is 0. The van der Waals surface area contributed by atoms with Crippen LogP contribution >= 0.6 is 0 Å². The molecule has 1 saturated heterocycles. The number of rotatable bonds is 1. The summed E-state index contributed by atoms with van der Waals surface area (Å²) in [4.78, 5) is 11.1. The van der Waals surface area contributed by atoms with E-state index in [1.165, 1.54) is 0 Å². The number of aliphatic carboxylic acids is 1. The number of carboxylic acid groups (broad SMARTS) is 1. The summed E-state index contributed by atoms with van der Waals surface area (Å²) >= 11 is 0. The Bertz CT molecular complexity index is 308. The smallest absolute Gasteiger partial charge is 0.391 e. The molecule has 1 heterocycles. The lowest BCUT2D eigenvalue weighted by molar-refractivity contribution is -0.189. The molecular weight excluding hydrogens is 235 g/mol. The van der Waals surface area contributed by atoms with Crippen molar-refractivity contribution in [2.75, 3.05) is 13.1 Å². The lowest BCUT2D eigenvalue weighted by atomic mass is 9.65. The number of carboxylic acids is 1. The lowest BCUT2D eigenvalue weighted by Crippen LogP contribution is -2.41. The van der Waals surface area contributed by atoms with Crippen molar-refractivity contribution < 1.29 is 23.1 Å². The lowest BCUT2D eigenvalue weighted by Gasteiger charge is -2.39. The van der Waals surface area contributed by atoms with Gasteiger partial charge in [0.05, 0.1) is 11.8 Å². The molecule has 1 atom stereocenters. The Hall–Kier alpha value is -0.780. The fourth-order valence-electron chi connectivity index (χ4n) is 3.20. The first-order valence-corrected chi connectivity index (χ1v) is 5.85. The van der Waals surface area contributed by atoms with Gasteiger partial charge in [-0.2, -0.15) is 13.2 Å². The van der Waals surface area contributed by atoms with Crippen LogP contribution in [0.25, 0.3) is 0 Å². The number of alkyl halides is 3. The van der Waals surface area contributed by atoms with Gasteiger partial charge in [-0.05, 0) is 31.1 Å². The molecule has 1 aliphatic heterocycles. The van der Waals surface area contributed by atoms with Crippen LogP contribution in [-0.2, 0) is 4.79 Å². The molecule has 1 spiro atoms. The van der Waals surface area contributed by atoms with Gasteiger partial charge in [0.2, 0.25) is 0 Å². The molecule has 0 aromatic heterocycles. The quantitative estimate of drug-likeness (QED) is 0.749. The number of nitrogens with one attached hydrogen (secondary N) is 1. The number of hydrogen-bond acceptors (Lipinski definition) is 2. The van der Waals surface area contributed by atoms with E-state index in [2.05, 4.69) is 5.32 Å². The highest BCUT2D eigenvalue weighted by Gasteiger charge is 2.52. The molecule has 2 rings (SSSR count). The zero-order valence-electron chi connectivity index (χ0n) is 9.39.